The molecule has 1 aromatic heterocycles. The number of hydrogen-bond acceptors (Lipinski definition) is 8. The first-order valence-electron chi connectivity index (χ1n) is 11.9. The highest BCUT2D eigenvalue weighted by Crippen LogP contribution is 2.36. The highest BCUT2D eigenvalue weighted by atomic mass is 32.2. The zero-order valence-corrected chi connectivity index (χ0v) is 22.8. The number of rotatable bonds is 10. The lowest BCUT2D eigenvalue weighted by Gasteiger charge is -2.22. The van der Waals surface area contributed by atoms with Gasteiger partial charge in [0.1, 0.15) is 17.3 Å². The van der Waals surface area contributed by atoms with Gasteiger partial charge in [0.2, 0.25) is 10.0 Å². The number of hydrogen-bond donors (Lipinski definition) is 4. The van der Waals surface area contributed by atoms with E-state index >= 15 is 0 Å². The molecule has 2 aromatic carbocycles. The van der Waals surface area contributed by atoms with Gasteiger partial charge in [-0.3, -0.25) is 14.5 Å². The number of phenolic OH excluding ortho intramolecular Hbond substituents is 1. The predicted octanol–water partition coefficient (Wildman–Crippen LogP) is 4.77. The molecule has 0 atom stereocenters. The molecule has 0 bridgehead atoms. The lowest BCUT2D eigenvalue weighted by atomic mass is 9.97. The Bertz CT molecular complexity index is 1630. The number of aromatic nitrogens is 1. The number of aromatic hydroxyl groups is 1. The zero-order valence-electron chi connectivity index (χ0n) is 22.0. The molecule has 0 aliphatic heterocycles. The molecule has 5 N–H and O–H groups in total. The summed E-state index contributed by atoms with van der Waals surface area (Å²) in [4.78, 5) is 16.6. The van der Waals surface area contributed by atoms with Crippen LogP contribution in [-0.2, 0) is 27.8 Å². The SMILES string of the molecule is CCC(=O)C(=N)c1c(N)cc(-c2cc(F)c(O)cc2CC(F)(F)F)nc1NCc1c(F)cccc1N(C)S(C)(=O)=O. The summed E-state index contributed by atoms with van der Waals surface area (Å²) < 4.78 is 94.1. The third-order valence-electron chi connectivity index (χ3n) is 6.10. The van der Waals surface area contributed by atoms with Crippen molar-refractivity contribution in [2.75, 3.05) is 28.7 Å². The number of anilines is 3. The van der Waals surface area contributed by atoms with Crippen molar-refractivity contribution in [3.8, 4) is 17.0 Å². The number of carbonyl (C=O) groups excluding carboxylic acids is 1. The van der Waals surface area contributed by atoms with Crippen molar-refractivity contribution in [1.29, 1.82) is 5.41 Å². The van der Waals surface area contributed by atoms with Crippen LogP contribution >= 0.6 is 0 Å². The summed E-state index contributed by atoms with van der Waals surface area (Å²) in [7, 11) is -2.61. The van der Waals surface area contributed by atoms with E-state index in [4.69, 9.17) is 11.1 Å². The number of nitrogens with one attached hydrogen (secondary N) is 2. The number of halogens is 5. The molecular formula is C26H26F5N5O4S. The predicted molar refractivity (Wildman–Crippen MR) is 145 cm³/mol. The van der Waals surface area contributed by atoms with Crippen molar-refractivity contribution in [2.24, 2.45) is 0 Å². The Hall–Kier alpha value is -4.27. The Labute approximate surface area is 232 Å². The first-order valence-corrected chi connectivity index (χ1v) is 13.8. The smallest absolute Gasteiger partial charge is 0.393 e. The number of nitrogen functional groups attached to an aromatic ring is 1. The molecule has 220 valence electrons. The summed E-state index contributed by atoms with van der Waals surface area (Å²) in [6, 6.07) is 5.99. The molecule has 0 saturated carbocycles. The largest absolute Gasteiger partial charge is 0.505 e. The van der Waals surface area contributed by atoms with Crippen LogP contribution in [-0.4, -0.2) is 49.5 Å². The maximum Gasteiger partial charge on any atom is 0.393 e. The van der Waals surface area contributed by atoms with Gasteiger partial charge in [0.25, 0.3) is 0 Å². The van der Waals surface area contributed by atoms with Crippen molar-refractivity contribution in [3.05, 3.63) is 64.7 Å². The normalized spacial score (nSPS) is 11.8. The van der Waals surface area contributed by atoms with Gasteiger partial charge in [-0.2, -0.15) is 13.2 Å². The van der Waals surface area contributed by atoms with E-state index in [9.17, 15) is 40.3 Å². The van der Waals surface area contributed by atoms with Gasteiger partial charge in [0.15, 0.2) is 17.3 Å². The maximum atomic E-state index is 14.9. The number of nitrogens with zero attached hydrogens (tertiary/aromatic N) is 2. The van der Waals surface area contributed by atoms with E-state index < -0.39 is 63.6 Å². The molecule has 0 unspecified atom stereocenters. The summed E-state index contributed by atoms with van der Waals surface area (Å²) in [5.74, 6) is -4.06. The van der Waals surface area contributed by atoms with E-state index in [1.807, 2.05) is 0 Å². The van der Waals surface area contributed by atoms with Gasteiger partial charge in [-0.1, -0.05) is 13.0 Å². The maximum absolute atomic E-state index is 14.9. The van der Waals surface area contributed by atoms with Crippen LogP contribution in [0.15, 0.2) is 36.4 Å². The van der Waals surface area contributed by atoms with Crippen molar-refractivity contribution >= 4 is 38.7 Å². The van der Waals surface area contributed by atoms with E-state index in [-0.39, 0.29) is 46.0 Å². The molecule has 0 fully saturated rings. The molecule has 41 heavy (non-hydrogen) atoms. The number of pyridine rings is 1. The van der Waals surface area contributed by atoms with Crippen LogP contribution in [0.25, 0.3) is 11.3 Å². The number of ketones is 1. The number of phenols is 1. The molecule has 3 rings (SSSR count). The summed E-state index contributed by atoms with van der Waals surface area (Å²) in [5.41, 5.74) is 3.60. The molecule has 0 spiro atoms. The number of sulfonamides is 1. The quantitative estimate of drug-likeness (QED) is 0.194. The molecule has 0 aliphatic rings. The van der Waals surface area contributed by atoms with Crippen LogP contribution in [0.5, 0.6) is 5.75 Å². The second-order valence-corrected chi connectivity index (χ2v) is 11.1. The van der Waals surface area contributed by atoms with Gasteiger partial charge in [-0.05, 0) is 35.9 Å². The van der Waals surface area contributed by atoms with Gasteiger partial charge in [-0.25, -0.2) is 22.2 Å². The molecule has 0 radical (unpaired) electrons. The monoisotopic (exact) mass is 599 g/mol. The molecular weight excluding hydrogens is 573 g/mol. The molecule has 1 heterocycles. The van der Waals surface area contributed by atoms with Crippen LogP contribution in [0.1, 0.15) is 30.0 Å². The Morgan fingerprint density at radius 1 is 1.17 bits per heavy atom. The molecule has 0 aliphatic carbocycles. The Kier molecular flexibility index (Phi) is 8.91. The fraction of sp³-hybridized carbons (Fsp3) is 0.269. The lowest BCUT2D eigenvalue weighted by molar-refractivity contribution is -0.127. The highest BCUT2D eigenvalue weighted by molar-refractivity contribution is 7.92. The van der Waals surface area contributed by atoms with Crippen LogP contribution < -0.4 is 15.4 Å². The standard InChI is InChI=1S/C26H26F5N5O4S/c1-4-21(37)24(33)23-18(32)10-19(14-9-17(28)22(38)8-13(14)11-26(29,30)31)35-25(23)34-12-15-16(27)6-5-7-20(15)36(2)41(3,39)40/h5-10,33,38H,4,11-12H2,1-3H3,(H3,32,34,35). The van der Waals surface area contributed by atoms with E-state index in [1.165, 1.54) is 26.1 Å². The Balaban J connectivity index is 2.22. The van der Waals surface area contributed by atoms with Crippen molar-refractivity contribution < 1.29 is 40.3 Å². The summed E-state index contributed by atoms with van der Waals surface area (Å²) in [5, 5.41) is 20.7. The van der Waals surface area contributed by atoms with Crippen molar-refractivity contribution in [3.63, 3.8) is 0 Å². The fourth-order valence-electron chi connectivity index (χ4n) is 3.98. The first-order chi connectivity index (χ1) is 18.9. The van der Waals surface area contributed by atoms with Gasteiger partial charge < -0.3 is 16.2 Å². The molecule has 0 saturated heterocycles. The minimum Gasteiger partial charge on any atom is -0.505 e. The van der Waals surface area contributed by atoms with E-state index in [0.29, 0.717) is 12.1 Å². The second-order valence-electron chi connectivity index (χ2n) is 9.05. The summed E-state index contributed by atoms with van der Waals surface area (Å²) >= 11 is 0. The molecule has 0 amide bonds. The van der Waals surface area contributed by atoms with Crippen LogP contribution in [0.3, 0.4) is 0 Å². The molecule has 9 nitrogen and oxygen atoms in total. The second kappa shape index (κ2) is 11.7. The number of Topliss-reactive ketones (excluding diaryl/α,β-unsaturated/α-hetero) is 1. The minimum absolute atomic E-state index is 0.0431. The third kappa shape index (κ3) is 7.09. The van der Waals surface area contributed by atoms with Crippen molar-refractivity contribution in [1.82, 2.24) is 4.98 Å². The average Bonchev–Trinajstić information content (AvgIpc) is 2.86. The fourth-order valence-corrected chi connectivity index (χ4v) is 4.51. The topological polar surface area (TPSA) is 149 Å². The molecule has 3 aromatic rings. The zero-order chi connectivity index (χ0) is 30.9. The van der Waals surface area contributed by atoms with Crippen LogP contribution in [0.4, 0.5) is 39.1 Å². The van der Waals surface area contributed by atoms with Crippen LogP contribution in [0, 0.1) is 17.0 Å². The number of alkyl halides is 3. The highest BCUT2D eigenvalue weighted by Gasteiger charge is 2.31. The van der Waals surface area contributed by atoms with Gasteiger partial charge in [0, 0.05) is 36.8 Å². The first kappa shape index (κ1) is 31.3. The van der Waals surface area contributed by atoms with Crippen LogP contribution in [0.2, 0.25) is 0 Å². The summed E-state index contributed by atoms with van der Waals surface area (Å²) in [6.07, 6.45) is -5.49. The third-order valence-corrected chi connectivity index (χ3v) is 7.29. The van der Waals surface area contributed by atoms with E-state index in [0.717, 1.165) is 22.7 Å². The number of nitrogens with two attached hydrogens (primary N) is 1. The Morgan fingerprint density at radius 3 is 2.41 bits per heavy atom. The number of carbonyl (C=O) groups is 1. The van der Waals surface area contributed by atoms with E-state index in [2.05, 4.69) is 10.3 Å². The van der Waals surface area contributed by atoms with E-state index in [1.54, 1.807) is 0 Å². The van der Waals surface area contributed by atoms with Crippen molar-refractivity contribution in [2.45, 2.75) is 32.5 Å². The molecule has 15 heteroatoms. The minimum atomic E-state index is -4.74. The summed E-state index contributed by atoms with van der Waals surface area (Å²) in [6.45, 7) is 1.02. The Morgan fingerprint density at radius 2 is 1.83 bits per heavy atom. The lowest BCUT2D eigenvalue weighted by Crippen LogP contribution is -2.27. The number of benzene rings is 2. The van der Waals surface area contributed by atoms with Gasteiger partial charge >= 0.3 is 6.18 Å². The van der Waals surface area contributed by atoms with Gasteiger partial charge in [0.05, 0.1) is 29.6 Å². The average molecular weight is 600 g/mol. The van der Waals surface area contributed by atoms with Gasteiger partial charge in [-0.15, -0.1) is 0 Å².